The van der Waals surface area contributed by atoms with Crippen molar-refractivity contribution in [2.45, 2.75) is 150 Å². The van der Waals surface area contributed by atoms with Crippen molar-refractivity contribution in [3.05, 3.63) is 71.8 Å². The van der Waals surface area contributed by atoms with E-state index in [-0.39, 0.29) is 48.0 Å². The van der Waals surface area contributed by atoms with Gasteiger partial charge in [-0.05, 0) is 103 Å². The first-order valence-electron chi connectivity index (χ1n) is 22.1. The second kappa shape index (κ2) is 16.7. The highest BCUT2D eigenvalue weighted by molar-refractivity contribution is 5.98. The molecule has 300 valence electrons. The van der Waals surface area contributed by atoms with Gasteiger partial charge in [0.1, 0.15) is 35.0 Å². The molecule has 5 nitrogen and oxygen atoms in total. The molecule has 4 saturated carbocycles. The number of ether oxygens (including phenoxy) is 1. The minimum absolute atomic E-state index is 0.0110. The zero-order valence-corrected chi connectivity index (χ0v) is 34.9. The smallest absolute Gasteiger partial charge is 0.140 e. The number of carbonyl (C=O) groups is 4. The van der Waals surface area contributed by atoms with Gasteiger partial charge in [-0.1, -0.05) is 121 Å². The molecule has 0 aliphatic heterocycles. The van der Waals surface area contributed by atoms with Crippen LogP contribution >= 0.6 is 0 Å². The Hall–Kier alpha value is -3.60. The number of hydrogen-bond donors (Lipinski definition) is 0. The molecule has 0 heterocycles. The van der Waals surface area contributed by atoms with Crippen LogP contribution in [0.15, 0.2) is 60.7 Å². The van der Waals surface area contributed by atoms with Gasteiger partial charge in [0, 0.05) is 47.8 Å². The zero-order valence-electron chi connectivity index (χ0n) is 34.9. The molecule has 0 saturated heterocycles. The van der Waals surface area contributed by atoms with Gasteiger partial charge in [-0.3, -0.25) is 19.2 Å². The van der Waals surface area contributed by atoms with Gasteiger partial charge < -0.3 is 4.74 Å². The maximum Gasteiger partial charge on any atom is 0.140 e. The third-order valence-corrected chi connectivity index (χ3v) is 14.7. The molecule has 0 amide bonds. The summed E-state index contributed by atoms with van der Waals surface area (Å²) in [6, 6.07) is 11.0. The Morgan fingerprint density at radius 1 is 0.946 bits per heavy atom. The molecule has 0 spiro atoms. The topological polar surface area (TPSA) is 77.5 Å². The number of Topliss-reactive ketones (excluding diaryl/α,β-unsaturated/α-hetero) is 4. The van der Waals surface area contributed by atoms with E-state index in [1.165, 1.54) is 61.7 Å². The van der Waals surface area contributed by atoms with Crippen LogP contribution in [0.1, 0.15) is 148 Å². The lowest BCUT2D eigenvalue weighted by atomic mass is 9.69. The Labute approximate surface area is 336 Å². The fourth-order valence-electron chi connectivity index (χ4n) is 11.1. The minimum Gasteiger partial charge on any atom is -0.490 e. The molecule has 0 radical (unpaired) electrons. The van der Waals surface area contributed by atoms with Crippen molar-refractivity contribution in [1.29, 1.82) is 0 Å². The Kier molecular flexibility index (Phi) is 12.1. The third kappa shape index (κ3) is 8.77. The molecule has 5 aliphatic carbocycles. The van der Waals surface area contributed by atoms with E-state index in [1.807, 2.05) is 0 Å². The Bertz CT molecular complexity index is 1910. The van der Waals surface area contributed by atoms with Crippen LogP contribution in [0.2, 0.25) is 0 Å². The van der Waals surface area contributed by atoms with E-state index in [9.17, 15) is 19.2 Å². The normalized spacial score (nSPS) is 27.3. The van der Waals surface area contributed by atoms with Gasteiger partial charge in [0.25, 0.3) is 0 Å². The van der Waals surface area contributed by atoms with E-state index in [4.69, 9.17) is 4.74 Å². The second-order valence-corrected chi connectivity index (χ2v) is 19.6. The summed E-state index contributed by atoms with van der Waals surface area (Å²) in [5, 5.41) is 2.17. The zero-order chi connectivity index (χ0) is 39.8. The molecule has 0 bridgehead atoms. The van der Waals surface area contributed by atoms with Gasteiger partial charge in [-0.15, -0.1) is 6.58 Å². The highest BCUT2D eigenvalue weighted by atomic mass is 16.5. The standard InChI is InChI=1S/C51H66O5/c1-7-33-18-20-43-39(22-33)25-38(37-19-17-36(23-37)21-34-13-9-10-14-34)26-48(43)56-42-28-44(47(54)31-51(32(3)52)30-40(51)8-2)45(29-42)49(55)46(50(4,5)6)27-41(53)24-35-15-11-12-16-35/h8,18-20,22-23,25-26,34-35,40,42,44-46H,2,7,9-17,21,24,27-31H2,1,3-6H3. The molecule has 2 aromatic rings. The number of hydrogen-bond acceptors (Lipinski definition) is 5. The molecule has 56 heavy (non-hydrogen) atoms. The Morgan fingerprint density at radius 3 is 2.29 bits per heavy atom. The first kappa shape index (κ1) is 40.6. The Morgan fingerprint density at radius 2 is 1.64 bits per heavy atom. The first-order chi connectivity index (χ1) is 26.8. The van der Waals surface area contributed by atoms with Crippen LogP contribution in [-0.2, 0) is 25.6 Å². The van der Waals surface area contributed by atoms with E-state index >= 15 is 0 Å². The van der Waals surface area contributed by atoms with Crippen LogP contribution in [0.4, 0.5) is 0 Å². The van der Waals surface area contributed by atoms with Gasteiger partial charge in [0.05, 0.1) is 0 Å². The molecule has 6 atom stereocenters. The predicted octanol–water partition coefficient (Wildman–Crippen LogP) is 12.0. The van der Waals surface area contributed by atoms with Crippen molar-refractivity contribution in [3.63, 3.8) is 0 Å². The average molecular weight is 759 g/mol. The molecule has 2 aromatic carbocycles. The molecule has 0 N–H and O–H groups in total. The summed E-state index contributed by atoms with van der Waals surface area (Å²) in [6.45, 7) is 13.9. The molecular formula is C51H66O5. The van der Waals surface area contributed by atoms with E-state index in [1.54, 1.807) is 13.0 Å². The van der Waals surface area contributed by atoms with Crippen molar-refractivity contribution in [2.24, 2.45) is 46.3 Å². The first-order valence-corrected chi connectivity index (χ1v) is 22.1. The summed E-state index contributed by atoms with van der Waals surface area (Å²) < 4.78 is 7.03. The maximum absolute atomic E-state index is 14.9. The molecule has 0 aromatic heterocycles. The summed E-state index contributed by atoms with van der Waals surface area (Å²) >= 11 is 0. The fraction of sp³-hybridized carbons (Fsp3) is 0.608. The van der Waals surface area contributed by atoms with Crippen molar-refractivity contribution in [2.75, 3.05) is 0 Å². The Balaban J connectivity index is 1.18. The molecule has 7 rings (SSSR count). The largest absolute Gasteiger partial charge is 0.490 e. The number of rotatable bonds is 17. The number of aryl methyl sites for hydroxylation is 1. The summed E-state index contributed by atoms with van der Waals surface area (Å²) in [5.41, 5.74) is 4.01. The summed E-state index contributed by atoms with van der Waals surface area (Å²) in [5.74, 6) is 0.547. The summed E-state index contributed by atoms with van der Waals surface area (Å²) in [6.07, 6.45) is 21.6. The van der Waals surface area contributed by atoms with Gasteiger partial charge in [0.15, 0.2) is 0 Å². The van der Waals surface area contributed by atoms with Crippen molar-refractivity contribution in [1.82, 2.24) is 0 Å². The minimum atomic E-state index is -0.716. The van der Waals surface area contributed by atoms with Gasteiger partial charge in [-0.2, -0.15) is 0 Å². The third-order valence-electron chi connectivity index (χ3n) is 14.7. The lowest BCUT2D eigenvalue weighted by molar-refractivity contribution is -0.139. The fourth-order valence-corrected chi connectivity index (χ4v) is 11.1. The van der Waals surface area contributed by atoms with Gasteiger partial charge in [-0.25, -0.2) is 0 Å². The SMILES string of the molecule is C=CC1CC1(CC(=O)C1CC(Oc2cc(C3=CCC(CC4CCCC4)=C3)cc3cc(CC)ccc23)CC1C(=O)C(CC(=O)CC1CCCC1)C(C)(C)C)C(C)=O. The van der Waals surface area contributed by atoms with Gasteiger partial charge >= 0.3 is 0 Å². The van der Waals surface area contributed by atoms with Crippen LogP contribution in [0, 0.1) is 46.3 Å². The summed E-state index contributed by atoms with van der Waals surface area (Å²) in [4.78, 5) is 55.9. The molecule has 6 unspecified atom stereocenters. The molecule has 5 aliphatic rings. The maximum atomic E-state index is 14.9. The van der Waals surface area contributed by atoms with E-state index in [2.05, 4.69) is 76.8 Å². The number of carbonyl (C=O) groups excluding carboxylic acids is 4. The van der Waals surface area contributed by atoms with E-state index < -0.39 is 28.6 Å². The lowest BCUT2D eigenvalue weighted by Crippen LogP contribution is -2.38. The van der Waals surface area contributed by atoms with Crippen LogP contribution in [0.3, 0.4) is 0 Å². The quantitative estimate of drug-likeness (QED) is 0.150. The molecular weight excluding hydrogens is 693 g/mol. The average Bonchev–Trinajstić information content (AvgIpc) is 3.80. The second-order valence-electron chi connectivity index (χ2n) is 19.6. The van der Waals surface area contributed by atoms with E-state index in [0.717, 1.165) is 53.7 Å². The van der Waals surface area contributed by atoms with E-state index in [0.29, 0.717) is 31.6 Å². The lowest BCUT2D eigenvalue weighted by Gasteiger charge is -2.33. The highest BCUT2D eigenvalue weighted by Gasteiger charge is 2.59. The number of ketones is 4. The van der Waals surface area contributed by atoms with Crippen molar-refractivity contribution in [3.8, 4) is 5.75 Å². The highest BCUT2D eigenvalue weighted by Crippen LogP contribution is 2.58. The number of benzene rings is 2. The predicted molar refractivity (Wildman–Crippen MR) is 226 cm³/mol. The van der Waals surface area contributed by atoms with Crippen LogP contribution < -0.4 is 4.74 Å². The van der Waals surface area contributed by atoms with Crippen LogP contribution in [0.25, 0.3) is 16.3 Å². The van der Waals surface area contributed by atoms with Gasteiger partial charge in [0.2, 0.25) is 0 Å². The molecule has 5 heteroatoms. The monoisotopic (exact) mass is 758 g/mol. The van der Waals surface area contributed by atoms with Crippen LogP contribution in [-0.4, -0.2) is 29.2 Å². The number of fused-ring (bicyclic) bond motifs is 1. The van der Waals surface area contributed by atoms with Crippen molar-refractivity contribution >= 4 is 39.5 Å². The summed E-state index contributed by atoms with van der Waals surface area (Å²) in [7, 11) is 0. The molecule has 4 fully saturated rings. The van der Waals surface area contributed by atoms with Crippen molar-refractivity contribution < 1.29 is 23.9 Å². The number of allylic oxidation sites excluding steroid dienone is 5. The van der Waals surface area contributed by atoms with Crippen LogP contribution in [0.5, 0.6) is 5.75 Å².